The highest BCUT2D eigenvalue weighted by atomic mass is 16.7. The van der Waals surface area contributed by atoms with Crippen LogP contribution in [-0.4, -0.2) is 24.5 Å². The highest BCUT2D eigenvalue weighted by Gasteiger charge is 2.06. The van der Waals surface area contributed by atoms with Crippen molar-refractivity contribution in [3.8, 4) is 0 Å². The Kier molecular flexibility index (Phi) is 5.30. The molecule has 1 aromatic carbocycles. The number of carbonyl (C=O) groups excluding carboxylic acids is 3. The highest BCUT2D eigenvalue weighted by molar-refractivity contribution is 5.93. The third-order valence-corrected chi connectivity index (χ3v) is 2.06. The number of primary amides is 2. The molecule has 0 aliphatic carbocycles. The van der Waals surface area contributed by atoms with Gasteiger partial charge in [0.05, 0.1) is 0 Å². The molecule has 0 saturated carbocycles. The van der Waals surface area contributed by atoms with Gasteiger partial charge in [0.15, 0.2) is 6.61 Å². The van der Waals surface area contributed by atoms with E-state index in [1.54, 1.807) is 24.3 Å². The van der Waals surface area contributed by atoms with Gasteiger partial charge in [-0.05, 0) is 17.7 Å². The maximum atomic E-state index is 11.5. The van der Waals surface area contributed by atoms with Crippen LogP contribution in [0.2, 0.25) is 0 Å². The van der Waals surface area contributed by atoms with Gasteiger partial charge in [-0.3, -0.25) is 14.4 Å². The molecule has 0 unspecified atom stereocenters. The highest BCUT2D eigenvalue weighted by Crippen LogP contribution is 2.04. The van der Waals surface area contributed by atoms with Crippen molar-refractivity contribution in [3.63, 3.8) is 0 Å². The minimum Gasteiger partial charge on any atom is -0.368 e. The lowest BCUT2D eigenvalue weighted by Crippen LogP contribution is -2.29. The number of nitrogens with two attached hydrogens (primary N) is 2. The first-order chi connectivity index (χ1) is 8.99. The number of rotatable bonds is 6. The second kappa shape index (κ2) is 6.97. The number of hydroxylamine groups is 1. The third-order valence-electron chi connectivity index (χ3n) is 2.06. The summed E-state index contributed by atoms with van der Waals surface area (Å²) in [4.78, 5) is 37.0. The predicted octanol–water partition coefficient (Wildman–Crippen LogP) is -0.998. The summed E-state index contributed by atoms with van der Waals surface area (Å²) in [5, 5.41) is 2.42. The van der Waals surface area contributed by atoms with Crippen molar-refractivity contribution < 1.29 is 19.2 Å². The fourth-order valence-corrected chi connectivity index (χ4v) is 1.19. The van der Waals surface area contributed by atoms with E-state index in [0.29, 0.717) is 5.56 Å². The van der Waals surface area contributed by atoms with E-state index in [0.717, 1.165) is 5.56 Å². The molecule has 6 N–H and O–H groups in total. The molecule has 102 valence electrons. The normalized spacial score (nSPS) is 9.68. The summed E-state index contributed by atoms with van der Waals surface area (Å²) in [6.07, 6.45) is 0. The van der Waals surface area contributed by atoms with Crippen molar-refractivity contribution in [2.75, 3.05) is 6.61 Å². The van der Waals surface area contributed by atoms with Crippen molar-refractivity contribution >= 4 is 17.8 Å². The maximum absolute atomic E-state index is 11.5. The first kappa shape index (κ1) is 14.5. The zero-order valence-electron chi connectivity index (χ0n) is 10.0. The minimum atomic E-state index is -0.687. The van der Waals surface area contributed by atoms with Crippen molar-refractivity contribution in [3.05, 3.63) is 35.4 Å². The molecule has 0 heterocycles. The molecule has 4 amide bonds. The van der Waals surface area contributed by atoms with E-state index in [4.69, 9.17) is 11.5 Å². The standard InChI is InChI=1S/C11H14N4O4/c12-9(16)6-19-15-10(17)8-3-1-7(2-4-8)5-14-11(13)18/h1-4H,5-6H2,(H2,12,16)(H,15,17)(H3,13,14,18). The van der Waals surface area contributed by atoms with Gasteiger partial charge in [-0.15, -0.1) is 0 Å². The molecule has 8 nitrogen and oxygen atoms in total. The minimum absolute atomic E-state index is 0.273. The Balaban J connectivity index is 2.48. The molecule has 0 saturated heterocycles. The van der Waals surface area contributed by atoms with Crippen molar-refractivity contribution in [2.24, 2.45) is 11.5 Å². The van der Waals surface area contributed by atoms with Crippen molar-refractivity contribution in [1.29, 1.82) is 0 Å². The van der Waals surface area contributed by atoms with Crippen LogP contribution < -0.4 is 22.3 Å². The van der Waals surface area contributed by atoms with Gasteiger partial charge in [-0.1, -0.05) is 12.1 Å². The molecule has 0 fully saturated rings. The van der Waals surface area contributed by atoms with E-state index in [2.05, 4.69) is 15.6 Å². The topological polar surface area (TPSA) is 137 Å². The molecule has 1 aromatic rings. The number of benzene rings is 1. The van der Waals surface area contributed by atoms with Crippen LogP contribution in [-0.2, 0) is 16.2 Å². The van der Waals surface area contributed by atoms with E-state index in [1.807, 2.05) is 0 Å². The molecule has 0 bridgehead atoms. The summed E-state index contributed by atoms with van der Waals surface area (Å²) in [5.41, 5.74) is 13.0. The predicted molar refractivity (Wildman–Crippen MR) is 65.5 cm³/mol. The Morgan fingerprint density at radius 1 is 1.11 bits per heavy atom. The number of carbonyl (C=O) groups is 3. The summed E-state index contributed by atoms with van der Waals surface area (Å²) >= 11 is 0. The SMILES string of the molecule is NC(=O)CONC(=O)c1ccc(CNC(N)=O)cc1. The van der Waals surface area contributed by atoms with Crippen LogP contribution in [0.15, 0.2) is 24.3 Å². The number of nitrogens with one attached hydrogen (secondary N) is 2. The van der Waals surface area contributed by atoms with E-state index in [9.17, 15) is 14.4 Å². The Labute approximate surface area is 109 Å². The Bertz CT molecular complexity index is 472. The summed E-state index contributed by atoms with van der Waals surface area (Å²) in [6, 6.07) is 5.77. The first-order valence-corrected chi connectivity index (χ1v) is 5.31. The molecular formula is C11H14N4O4. The van der Waals surface area contributed by atoms with Crippen LogP contribution in [0, 0.1) is 0 Å². The van der Waals surface area contributed by atoms with Gasteiger partial charge >= 0.3 is 6.03 Å². The van der Waals surface area contributed by atoms with Gasteiger partial charge in [0.1, 0.15) is 0 Å². The van der Waals surface area contributed by atoms with E-state index in [1.165, 1.54) is 0 Å². The van der Waals surface area contributed by atoms with Crippen LogP contribution in [0.4, 0.5) is 4.79 Å². The van der Waals surface area contributed by atoms with E-state index >= 15 is 0 Å². The van der Waals surface area contributed by atoms with Crippen LogP contribution in [0.25, 0.3) is 0 Å². The van der Waals surface area contributed by atoms with Gasteiger partial charge in [0.2, 0.25) is 5.91 Å². The lowest BCUT2D eigenvalue weighted by atomic mass is 10.1. The molecule has 0 atom stereocenters. The second-order valence-electron chi connectivity index (χ2n) is 3.60. The first-order valence-electron chi connectivity index (χ1n) is 5.31. The fraction of sp³-hybridized carbons (Fsp3) is 0.182. The Hall–Kier alpha value is -2.61. The average Bonchev–Trinajstić information content (AvgIpc) is 2.36. The van der Waals surface area contributed by atoms with E-state index < -0.39 is 24.5 Å². The Morgan fingerprint density at radius 2 is 1.74 bits per heavy atom. The molecule has 0 aliphatic rings. The van der Waals surface area contributed by atoms with E-state index in [-0.39, 0.29) is 6.54 Å². The fourth-order valence-electron chi connectivity index (χ4n) is 1.19. The van der Waals surface area contributed by atoms with Crippen LogP contribution >= 0.6 is 0 Å². The van der Waals surface area contributed by atoms with Gasteiger partial charge < -0.3 is 16.8 Å². The van der Waals surface area contributed by atoms with Gasteiger partial charge in [-0.2, -0.15) is 0 Å². The largest absolute Gasteiger partial charge is 0.368 e. The monoisotopic (exact) mass is 266 g/mol. The molecule has 0 radical (unpaired) electrons. The summed E-state index contributed by atoms with van der Waals surface area (Å²) in [7, 11) is 0. The molecule has 1 rings (SSSR count). The number of hydrogen-bond acceptors (Lipinski definition) is 4. The molecule has 0 spiro atoms. The number of hydrogen-bond donors (Lipinski definition) is 4. The number of urea groups is 1. The maximum Gasteiger partial charge on any atom is 0.312 e. The zero-order chi connectivity index (χ0) is 14.3. The molecule has 19 heavy (non-hydrogen) atoms. The van der Waals surface area contributed by atoms with Gasteiger partial charge in [-0.25, -0.2) is 10.3 Å². The van der Waals surface area contributed by atoms with Crippen LogP contribution in [0.1, 0.15) is 15.9 Å². The molecule has 8 heteroatoms. The zero-order valence-corrected chi connectivity index (χ0v) is 10.0. The lowest BCUT2D eigenvalue weighted by molar-refractivity contribution is -0.124. The third kappa shape index (κ3) is 5.50. The van der Waals surface area contributed by atoms with Crippen molar-refractivity contribution in [1.82, 2.24) is 10.8 Å². The summed E-state index contributed by atoms with van der Waals surface area (Å²) < 4.78 is 0. The quantitative estimate of drug-likeness (QED) is 0.491. The molecule has 0 aliphatic heterocycles. The molecular weight excluding hydrogens is 252 g/mol. The van der Waals surface area contributed by atoms with Crippen molar-refractivity contribution in [2.45, 2.75) is 6.54 Å². The summed E-state index contributed by atoms with van der Waals surface area (Å²) in [5.74, 6) is -1.19. The van der Waals surface area contributed by atoms with Gasteiger partial charge in [0.25, 0.3) is 5.91 Å². The lowest BCUT2D eigenvalue weighted by Gasteiger charge is -2.06. The Morgan fingerprint density at radius 3 is 2.26 bits per heavy atom. The van der Waals surface area contributed by atoms with Crippen LogP contribution in [0.5, 0.6) is 0 Å². The second-order valence-corrected chi connectivity index (χ2v) is 3.60. The number of amides is 4. The smallest absolute Gasteiger partial charge is 0.312 e. The average molecular weight is 266 g/mol. The molecule has 0 aromatic heterocycles. The summed E-state index contributed by atoms with van der Waals surface area (Å²) in [6.45, 7) is -0.123. The van der Waals surface area contributed by atoms with Gasteiger partial charge in [0, 0.05) is 12.1 Å². The van der Waals surface area contributed by atoms with Crippen LogP contribution in [0.3, 0.4) is 0 Å².